The van der Waals surface area contributed by atoms with Gasteiger partial charge in [-0.25, -0.2) is 17.6 Å². The van der Waals surface area contributed by atoms with Crippen molar-refractivity contribution in [2.24, 2.45) is 0 Å². The van der Waals surface area contributed by atoms with Gasteiger partial charge >= 0.3 is 0 Å². The highest BCUT2D eigenvalue weighted by Crippen LogP contribution is 2.41. The fourth-order valence-electron chi connectivity index (χ4n) is 4.78. The third-order valence-electron chi connectivity index (χ3n) is 6.57. The van der Waals surface area contributed by atoms with Crippen molar-refractivity contribution < 1.29 is 17.6 Å². The Kier molecular flexibility index (Phi) is 6.37. The summed E-state index contributed by atoms with van der Waals surface area (Å²) in [5.41, 5.74) is 0.662. The van der Waals surface area contributed by atoms with Crippen LogP contribution in [-0.2, 0) is 10.8 Å². The normalized spacial score (nSPS) is 23.7. The number of hydrogen-bond acceptors (Lipinski definition) is 1. The molecule has 0 bridgehead atoms. The Bertz CT molecular complexity index is 860. The lowest BCUT2D eigenvalue weighted by atomic mass is 9.81. The van der Waals surface area contributed by atoms with Crippen LogP contribution < -0.4 is 0 Å². The summed E-state index contributed by atoms with van der Waals surface area (Å²) in [5.74, 6) is -2.81. The maximum absolute atomic E-state index is 13.6. The molecule has 0 amide bonds. The van der Waals surface area contributed by atoms with Gasteiger partial charge in [-0.15, -0.1) is 0 Å². The molecule has 0 aromatic heterocycles. The SMILES string of the molecule is CC1(c2cccc(F)c2F)CCCC1.CN1CCC(C)(c2cccc(F)c2F)C1. The number of benzene rings is 2. The second-order valence-electron chi connectivity index (χ2n) is 9.02. The summed E-state index contributed by atoms with van der Waals surface area (Å²) >= 11 is 0. The first kappa shape index (κ1) is 21.8. The molecule has 1 saturated heterocycles. The monoisotopic (exact) mass is 407 g/mol. The van der Waals surface area contributed by atoms with E-state index in [4.69, 9.17) is 0 Å². The van der Waals surface area contributed by atoms with Crippen LogP contribution in [-0.4, -0.2) is 25.0 Å². The Hall–Kier alpha value is -1.88. The van der Waals surface area contributed by atoms with Gasteiger partial charge in [0.25, 0.3) is 0 Å². The van der Waals surface area contributed by atoms with Gasteiger partial charge in [0.15, 0.2) is 23.3 Å². The summed E-state index contributed by atoms with van der Waals surface area (Å²) in [6, 6.07) is 8.92. The van der Waals surface area contributed by atoms with Gasteiger partial charge in [0.05, 0.1) is 0 Å². The van der Waals surface area contributed by atoms with Crippen LogP contribution in [0.15, 0.2) is 36.4 Å². The molecule has 0 N–H and O–H groups in total. The van der Waals surface area contributed by atoms with Crippen LogP contribution in [0.4, 0.5) is 17.6 Å². The average Bonchev–Trinajstić information content (AvgIpc) is 3.27. The summed E-state index contributed by atoms with van der Waals surface area (Å²) in [6.45, 7) is 5.74. The van der Waals surface area contributed by atoms with E-state index in [1.807, 2.05) is 20.9 Å². The highest BCUT2D eigenvalue weighted by Gasteiger charge is 2.36. The van der Waals surface area contributed by atoms with Crippen LogP contribution in [0.1, 0.15) is 57.1 Å². The highest BCUT2D eigenvalue weighted by molar-refractivity contribution is 5.29. The van der Waals surface area contributed by atoms with E-state index in [2.05, 4.69) is 4.90 Å². The molecule has 5 heteroatoms. The van der Waals surface area contributed by atoms with Gasteiger partial charge in [0.1, 0.15) is 0 Å². The zero-order valence-corrected chi connectivity index (χ0v) is 17.4. The first-order valence-electron chi connectivity index (χ1n) is 10.2. The van der Waals surface area contributed by atoms with Gasteiger partial charge in [0.2, 0.25) is 0 Å². The van der Waals surface area contributed by atoms with Crippen molar-refractivity contribution in [3.8, 4) is 0 Å². The molecule has 158 valence electrons. The molecule has 1 aliphatic carbocycles. The predicted octanol–water partition coefficient (Wildman–Crippen LogP) is 6.35. The Morgan fingerprint density at radius 2 is 1.21 bits per heavy atom. The first-order valence-corrected chi connectivity index (χ1v) is 10.2. The molecule has 4 rings (SSSR count). The molecule has 1 nitrogen and oxygen atoms in total. The molecule has 1 unspecified atom stereocenters. The van der Waals surface area contributed by atoms with Gasteiger partial charge in [-0.2, -0.15) is 0 Å². The van der Waals surface area contributed by atoms with Gasteiger partial charge in [0, 0.05) is 12.0 Å². The molecule has 2 aromatic carbocycles. The molecular formula is C24H29F4N. The number of rotatable bonds is 2. The number of hydrogen-bond donors (Lipinski definition) is 0. The van der Waals surface area contributed by atoms with Gasteiger partial charge in [-0.05, 0) is 61.5 Å². The van der Waals surface area contributed by atoms with Crippen molar-refractivity contribution in [3.05, 3.63) is 70.8 Å². The Morgan fingerprint density at radius 3 is 1.66 bits per heavy atom. The topological polar surface area (TPSA) is 3.24 Å². The molecule has 29 heavy (non-hydrogen) atoms. The van der Waals surface area contributed by atoms with Crippen molar-refractivity contribution in [2.75, 3.05) is 20.1 Å². The lowest BCUT2D eigenvalue weighted by Crippen LogP contribution is -2.27. The van der Waals surface area contributed by atoms with Crippen LogP contribution in [0.25, 0.3) is 0 Å². The van der Waals surface area contributed by atoms with E-state index in [0.29, 0.717) is 11.1 Å². The third kappa shape index (κ3) is 4.50. The molecule has 1 saturated carbocycles. The number of nitrogens with zero attached hydrogens (tertiary/aromatic N) is 1. The zero-order valence-electron chi connectivity index (χ0n) is 17.4. The summed E-state index contributed by atoms with van der Waals surface area (Å²) in [6.07, 6.45) is 5.05. The number of likely N-dealkylation sites (tertiary alicyclic amines) is 1. The van der Waals surface area contributed by atoms with E-state index in [0.717, 1.165) is 45.2 Å². The minimum absolute atomic E-state index is 0.147. The van der Waals surface area contributed by atoms with Crippen LogP contribution in [0.2, 0.25) is 0 Å². The second-order valence-corrected chi connectivity index (χ2v) is 9.02. The van der Waals surface area contributed by atoms with Crippen molar-refractivity contribution >= 4 is 0 Å². The first-order chi connectivity index (χ1) is 13.7. The number of halogens is 4. The largest absolute Gasteiger partial charge is 0.305 e. The predicted molar refractivity (Wildman–Crippen MR) is 108 cm³/mol. The smallest absolute Gasteiger partial charge is 0.162 e. The third-order valence-corrected chi connectivity index (χ3v) is 6.57. The lowest BCUT2D eigenvalue weighted by Gasteiger charge is -2.24. The minimum atomic E-state index is -0.747. The Balaban J connectivity index is 0.000000166. The molecule has 1 atom stereocenters. The van der Waals surface area contributed by atoms with E-state index < -0.39 is 23.3 Å². The lowest BCUT2D eigenvalue weighted by molar-refractivity contribution is 0.371. The standard InChI is InChI=1S/C12H15F2N.C12H14F2/c1-12(6-7-15(2)8-12)9-4-3-5-10(13)11(9)14;1-12(7-2-3-8-12)9-5-4-6-10(13)11(9)14/h3-5H,6-8H2,1-2H3;4-6H,2-3,7-8H2,1H3. The molecule has 2 aliphatic rings. The Labute approximate surface area is 170 Å². The van der Waals surface area contributed by atoms with Crippen LogP contribution in [0.3, 0.4) is 0 Å². The fraction of sp³-hybridized carbons (Fsp3) is 0.500. The Morgan fingerprint density at radius 1 is 0.724 bits per heavy atom. The van der Waals surface area contributed by atoms with Crippen LogP contribution in [0.5, 0.6) is 0 Å². The van der Waals surface area contributed by atoms with Crippen LogP contribution >= 0.6 is 0 Å². The van der Waals surface area contributed by atoms with E-state index in [1.165, 1.54) is 12.1 Å². The molecule has 0 radical (unpaired) electrons. The highest BCUT2D eigenvalue weighted by atomic mass is 19.2. The molecular weight excluding hydrogens is 378 g/mol. The maximum Gasteiger partial charge on any atom is 0.162 e. The molecule has 2 fully saturated rings. The summed E-state index contributed by atoms with van der Waals surface area (Å²) in [5, 5.41) is 0. The minimum Gasteiger partial charge on any atom is -0.305 e. The summed E-state index contributed by atoms with van der Waals surface area (Å²) < 4.78 is 53.3. The summed E-state index contributed by atoms with van der Waals surface area (Å²) in [4.78, 5) is 2.14. The number of likely N-dealkylation sites (N-methyl/N-ethyl adjacent to an activating group) is 1. The molecule has 2 aromatic rings. The van der Waals surface area contributed by atoms with Crippen molar-refractivity contribution in [1.29, 1.82) is 0 Å². The van der Waals surface area contributed by atoms with Gasteiger partial charge < -0.3 is 4.90 Å². The zero-order chi connectivity index (χ0) is 21.2. The van der Waals surface area contributed by atoms with Crippen molar-refractivity contribution in [1.82, 2.24) is 4.90 Å². The van der Waals surface area contributed by atoms with E-state index in [-0.39, 0.29) is 10.8 Å². The van der Waals surface area contributed by atoms with Crippen molar-refractivity contribution in [3.63, 3.8) is 0 Å². The molecule has 0 spiro atoms. The van der Waals surface area contributed by atoms with E-state index in [9.17, 15) is 17.6 Å². The fourth-order valence-corrected chi connectivity index (χ4v) is 4.78. The van der Waals surface area contributed by atoms with Crippen LogP contribution in [0, 0.1) is 23.3 Å². The maximum atomic E-state index is 13.6. The summed E-state index contributed by atoms with van der Waals surface area (Å²) in [7, 11) is 2.00. The van der Waals surface area contributed by atoms with Gasteiger partial charge in [-0.1, -0.05) is 51.0 Å². The van der Waals surface area contributed by atoms with Gasteiger partial charge in [-0.3, -0.25) is 0 Å². The van der Waals surface area contributed by atoms with E-state index >= 15 is 0 Å². The second kappa shape index (κ2) is 8.47. The van der Waals surface area contributed by atoms with E-state index in [1.54, 1.807) is 24.3 Å². The quantitative estimate of drug-likeness (QED) is 0.524. The molecule has 1 heterocycles. The van der Waals surface area contributed by atoms with Crippen molar-refractivity contribution in [2.45, 2.75) is 56.8 Å². The molecule has 1 aliphatic heterocycles. The average molecular weight is 407 g/mol.